The Hall–Kier alpha value is -3.95. The van der Waals surface area contributed by atoms with Gasteiger partial charge in [-0.05, 0) is 37.1 Å². The second-order valence-corrected chi connectivity index (χ2v) is 7.14. The molecule has 0 saturated carbocycles. The normalized spacial score (nSPS) is 12.4. The van der Waals surface area contributed by atoms with E-state index in [1.165, 1.54) is 4.68 Å². The summed E-state index contributed by atoms with van der Waals surface area (Å²) in [4.78, 5) is 11.4. The quantitative estimate of drug-likeness (QED) is 0.382. The first kappa shape index (κ1) is 19.4. The maximum atomic E-state index is 12.9. The van der Waals surface area contributed by atoms with E-state index >= 15 is 0 Å². The minimum Gasteiger partial charge on any atom is -0.710 e. The Labute approximate surface area is 171 Å². The molecule has 2 aromatic heterocycles. The van der Waals surface area contributed by atoms with Crippen LogP contribution in [0.4, 0.5) is 11.5 Å². The summed E-state index contributed by atoms with van der Waals surface area (Å²) in [7, 11) is 0. The van der Waals surface area contributed by atoms with E-state index in [2.05, 4.69) is 15.6 Å². The molecule has 1 atom stereocenters. The summed E-state index contributed by atoms with van der Waals surface area (Å²) < 4.78 is 2.79. The molecular weight excluding hydrogens is 388 g/mol. The van der Waals surface area contributed by atoms with Crippen LogP contribution in [0.3, 0.4) is 0 Å². The van der Waals surface area contributed by atoms with Gasteiger partial charge in [0.1, 0.15) is 11.2 Å². The first-order valence-electron chi connectivity index (χ1n) is 9.42. The monoisotopic (exact) mass is 408 g/mol. The molecular formula is C20H20N6O4. The molecule has 1 unspecified atom stereocenters. The zero-order valence-electron chi connectivity index (χ0n) is 16.7. The smallest absolute Gasteiger partial charge is 0.352 e. The molecule has 2 N–H and O–H groups in total. The Kier molecular flexibility index (Phi) is 4.61. The number of aromatic nitrogens is 5. The molecule has 0 spiro atoms. The van der Waals surface area contributed by atoms with Gasteiger partial charge in [0.15, 0.2) is 6.04 Å². The number of fused-ring (bicyclic) bond motifs is 2. The van der Waals surface area contributed by atoms with Gasteiger partial charge in [0.2, 0.25) is 5.52 Å². The highest BCUT2D eigenvalue weighted by atomic mass is 16.5. The predicted octanol–water partition coefficient (Wildman–Crippen LogP) is 2.25. The standard InChI is InChI=1S/C20H20N6O4/c1-4-15(20(27)28)24-16-8-6-13(10-14(16)22-23-24)21-19-12(3)25(29)17-7-5-11(2)9-18(17)26(19)30/h5-10,15,21H,4H2,1-3H3,(H,27,28). The number of carboxylic acid groups (broad SMARTS) is 1. The van der Waals surface area contributed by atoms with Crippen molar-refractivity contribution < 1.29 is 19.4 Å². The van der Waals surface area contributed by atoms with Crippen LogP contribution in [0.5, 0.6) is 0 Å². The van der Waals surface area contributed by atoms with Crippen LogP contribution in [0, 0.1) is 24.3 Å². The van der Waals surface area contributed by atoms with Crippen molar-refractivity contribution in [1.82, 2.24) is 15.0 Å². The Morgan fingerprint density at radius 2 is 1.93 bits per heavy atom. The van der Waals surface area contributed by atoms with Crippen LogP contribution < -0.4 is 14.8 Å². The van der Waals surface area contributed by atoms with Gasteiger partial charge in [-0.25, -0.2) is 19.5 Å². The van der Waals surface area contributed by atoms with Gasteiger partial charge in [0, 0.05) is 19.1 Å². The number of nitrogens with zero attached hydrogens (tertiary/aromatic N) is 5. The van der Waals surface area contributed by atoms with E-state index in [1.54, 1.807) is 50.2 Å². The number of hydrogen-bond acceptors (Lipinski definition) is 6. The van der Waals surface area contributed by atoms with Crippen LogP contribution in [0.25, 0.3) is 22.1 Å². The summed E-state index contributed by atoms with van der Waals surface area (Å²) in [6, 6.07) is 9.27. The molecule has 0 aliphatic rings. The molecule has 2 heterocycles. The van der Waals surface area contributed by atoms with Crippen molar-refractivity contribution in [2.45, 2.75) is 33.2 Å². The number of hydrogen-bond donors (Lipinski definition) is 2. The highest BCUT2D eigenvalue weighted by Crippen LogP contribution is 2.24. The lowest BCUT2D eigenvalue weighted by Gasteiger charge is -2.15. The third-order valence-corrected chi connectivity index (χ3v) is 5.12. The molecule has 4 aromatic rings. The Bertz CT molecular complexity index is 1300. The number of anilines is 2. The van der Waals surface area contributed by atoms with Gasteiger partial charge in [-0.1, -0.05) is 18.2 Å². The van der Waals surface area contributed by atoms with Crippen LogP contribution in [-0.4, -0.2) is 26.1 Å². The minimum absolute atomic E-state index is 0.104. The van der Waals surface area contributed by atoms with E-state index in [0.29, 0.717) is 27.9 Å². The summed E-state index contributed by atoms with van der Waals surface area (Å²) >= 11 is 0. The first-order chi connectivity index (χ1) is 14.3. The number of aliphatic carboxylic acids is 1. The van der Waals surface area contributed by atoms with Crippen LogP contribution in [0.1, 0.15) is 30.6 Å². The molecule has 2 aromatic carbocycles. The molecule has 0 fully saturated rings. The summed E-state index contributed by atoms with van der Waals surface area (Å²) in [6.07, 6.45) is 0.364. The van der Waals surface area contributed by atoms with E-state index in [-0.39, 0.29) is 22.5 Å². The molecule has 0 amide bonds. The van der Waals surface area contributed by atoms with E-state index in [4.69, 9.17) is 0 Å². The number of rotatable bonds is 5. The number of nitrogens with one attached hydrogen (secondary N) is 1. The highest BCUT2D eigenvalue weighted by molar-refractivity contribution is 5.82. The van der Waals surface area contributed by atoms with E-state index in [1.807, 2.05) is 6.92 Å². The lowest BCUT2D eigenvalue weighted by atomic mass is 10.2. The number of carbonyl (C=O) groups is 1. The van der Waals surface area contributed by atoms with Crippen LogP contribution in [0.2, 0.25) is 0 Å². The van der Waals surface area contributed by atoms with Crippen LogP contribution >= 0.6 is 0 Å². The van der Waals surface area contributed by atoms with Crippen molar-refractivity contribution in [3.05, 3.63) is 58.1 Å². The summed E-state index contributed by atoms with van der Waals surface area (Å²) in [5, 5.41) is 46.0. The molecule has 154 valence electrons. The third kappa shape index (κ3) is 3.02. The summed E-state index contributed by atoms with van der Waals surface area (Å²) in [5.41, 5.74) is 3.20. The molecule has 10 heteroatoms. The molecule has 0 saturated heterocycles. The molecule has 0 radical (unpaired) electrons. The van der Waals surface area contributed by atoms with Gasteiger partial charge in [0.25, 0.3) is 11.2 Å². The lowest BCUT2D eigenvalue weighted by molar-refractivity contribution is -0.623. The Morgan fingerprint density at radius 1 is 1.17 bits per heavy atom. The van der Waals surface area contributed by atoms with Gasteiger partial charge in [-0.3, -0.25) is 0 Å². The topological polar surface area (TPSA) is 134 Å². The lowest BCUT2D eigenvalue weighted by Crippen LogP contribution is -2.43. The fourth-order valence-electron chi connectivity index (χ4n) is 3.49. The van der Waals surface area contributed by atoms with Gasteiger partial charge < -0.3 is 15.5 Å². The van der Waals surface area contributed by atoms with Gasteiger partial charge in [-0.15, -0.1) is 5.10 Å². The summed E-state index contributed by atoms with van der Waals surface area (Å²) in [6.45, 7) is 5.17. The van der Waals surface area contributed by atoms with Crippen molar-refractivity contribution in [2.75, 3.05) is 5.32 Å². The first-order valence-corrected chi connectivity index (χ1v) is 9.42. The van der Waals surface area contributed by atoms with Crippen molar-refractivity contribution in [3.8, 4) is 0 Å². The average Bonchev–Trinajstić information content (AvgIpc) is 3.13. The summed E-state index contributed by atoms with van der Waals surface area (Å²) in [5.74, 6) is -0.882. The third-order valence-electron chi connectivity index (χ3n) is 5.12. The van der Waals surface area contributed by atoms with Gasteiger partial charge >= 0.3 is 11.8 Å². The van der Waals surface area contributed by atoms with E-state index in [9.17, 15) is 20.3 Å². The van der Waals surface area contributed by atoms with Gasteiger partial charge in [-0.2, -0.15) is 4.73 Å². The maximum Gasteiger partial charge on any atom is 0.352 e. The average molecular weight is 408 g/mol. The SMILES string of the molecule is CCC(C(=O)O)n1nnc2cc(Nc3c(C)[n+]([O-])c4ccc(C)cc4[n+]3[O-])ccc21. The molecule has 0 aliphatic carbocycles. The highest BCUT2D eigenvalue weighted by Gasteiger charge is 2.25. The molecule has 30 heavy (non-hydrogen) atoms. The van der Waals surface area contributed by atoms with Crippen molar-refractivity contribution in [3.63, 3.8) is 0 Å². The molecule has 0 bridgehead atoms. The molecule has 0 aliphatic heterocycles. The minimum atomic E-state index is -0.985. The van der Waals surface area contributed by atoms with Crippen molar-refractivity contribution in [1.29, 1.82) is 0 Å². The molecule has 10 nitrogen and oxygen atoms in total. The van der Waals surface area contributed by atoms with Gasteiger partial charge in [0.05, 0.1) is 5.52 Å². The number of carboxylic acids is 1. The zero-order chi connectivity index (χ0) is 21.6. The fraction of sp³-hybridized carbons (Fsp3) is 0.250. The number of benzene rings is 2. The fourth-order valence-corrected chi connectivity index (χ4v) is 3.49. The predicted molar refractivity (Wildman–Crippen MR) is 109 cm³/mol. The van der Waals surface area contributed by atoms with E-state index < -0.39 is 12.0 Å². The van der Waals surface area contributed by atoms with E-state index in [0.717, 1.165) is 10.3 Å². The van der Waals surface area contributed by atoms with Crippen molar-refractivity contribution in [2.24, 2.45) is 0 Å². The zero-order valence-corrected chi connectivity index (χ0v) is 16.7. The van der Waals surface area contributed by atoms with Crippen LogP contribution in [0.15, 0.2) is 36.4 Å². The Morgan fingerprint density at radius 3 is 2.63 bits per heavy atom. The molecule has 4 rings (SSSR count). The number of aryl methyl sites for hydroxylation is 1. The second-order valence-electron chi connectivity index (χ2n) is 7.14. The Balaban J connectivity index is 1.78. The maximum absolute atomic E-state index is 12.9. The largest absolute Gasteiger partial charge is 0.710 e. The van der Waals surface area contributed by atoms with Crippen LogP contribution in [-0.2, 0) is 4.79 Å². The second kappa shape index (κ2) is 7.14. The van der Waals surface area contributed by atoms with Crippen molar-refractivity contribution >= 4 is 39.5 Å².